The van der Waals surface area contributed by atoms with Crippen molar-refractivity contribution in [1.82, 2.24) is 9.62 Å². The number of fused-ring (bicyclic) bond motifs is 1. The summed E-state index contributed by atoms with van der Waals surface area (Å²) in [6.07, 6.45) is 1.36. The first-order valence-corrected chi connectivity index (χ1v) is 11.1. The van der Waals surface area contributed by atoms with Gasteiger partial charge in [0.2, 0.25) is 10.0 Å². The number of likely N-dealkylation sites (N-methyl/N-ethyl adjacent to an activating group) is 1. The lowest BCUT2D eigenvalue weighted by Gasteiger charge is -2.25. The van der Waals surface area contributed by atoms with Gasteiger partial charge in [-0.3, -0.25) is 0 Å². The highest BCUT2D eigenvalue weighted by atomic mass is 32.2. The number of rotatable bonds is 9. The number of sulfonamides is 1. The summed E-state index contributed by atoms with van der Waals surface area (Å²) < 4.78 is 38.5. The summed E-state index contributed by atoms with van der Waals surface area (Å²) in [5.41, 5.74) is 3.24. The van der Waals surface area contributed by atoms with E-state index in [1.807, 2.05) is 55.4 Å². The van der Waals surface area contributed by atoms with Crippen molar-refractivity contribution in [2.24, 2.45) is 0 Å². The summed E-state index contributed by atoms with van der Waals surface area (Å²) in [5.74, 6) is 1.75. The highest BCUT2D eigenvalue weighted by Crippen LogP contribution is 2.29. The van der Waals surface area contributed by atoms with Crippen molar-refractivity contribution >= 4 is 10.0 Å². The van der Waals surface area contributed by atoms with Crippen LogP contribution in [0.1, 0.15) is 22.7 Å². The molecule has 1 aliphatic heterocycles. The van der Waals surface area contributed by atoms with E-state index >= 15 is 0 Å². The van der Waals surface area contributed by atoms with Crippen molar-refractivity contribution < 1.29 is 17.9 Å². The topological polar surface area (TPSA) is 67.9 Å². The maximum Gasteiger partial charge on any atom is 0.211 e. The van der Waals surface area contributed by atoms with E-state index in [1.165, 1.54) is 5.56 Å². The summed E-state index contributed by atoms with van der Waals surface area (Å²) in [4.78, 5) is 2.03. The maximum atomic E-state index is 12.5. The summed E-state index contributed by atoms with van der Waals surface area (Å²) >= 11 is 0. The van der Waals surface area contributed by atoms with E-state index in [2.05, 4.69) is 10.8 Å². The van der Waals surface area contributed by atoms with E-state index < -0.39 is 10.0 Å². The van der Waals surface area contributed by atoms with Crippen molar-refractivity contribution in [2.75, 3.05) is 40.1 Å². The molecule has 7 heteroatoms. The van der Waals surface area contributed by atoms with Crippen LogP contribution in [0.15, 0.2) is 42.5 Å². The number of nitrogens with one attached hydrogen (secondary N) is 1. The Kier molecular flexibility index (Phi) is 6.59. The Morgan fingerprint density at radius 1 is 1.18 bits per heavy atom. The maximum absolute atomic E-state index is 12.5. The van der Waals surface area contributed by atoms with Crippen molar-refractivity contribution in [3.05, 3.63) is 59.2 Å². The first-order chi connectivity index (χ1) is 13.4. The van der Waals surface area contributed by atoms with Gasteiger partial charge in [-0.1, -0.05) is 24.3 Å². The Bertz CT molecular complexity index is 895. The summed E-state index contributed by atoms with van der Waals surface area (Å²) in [5, 5.41) is 0. The number of benzene rings is 2. The van der Waals surface area contributed by atoms with Gasteiger partial charge in [0.25, 0.3) is 0 Å². The molecule has 6 nitrogen and oxygen atoms in total. The molecule has 0 saturated heterocycles. The minimum absolute atomic E-state index is 0.0401. The second-order valence-electron chi connectivity index (χ2n) is 7.21. The lowest BCUT2D eigenvalue weighted by molar-refractivity contribution is 0.299. The van der Waals surface area contributed by atoms with E-state index in [-0.39, 0.29) is 11.8 Å². The number of aryl methyl sites for hydroxylation is 1. The predicted molar refractivity (Wildman–Crippen MR) is 111 cm³/mol. The van der Waals surface area contributed by atoms with Gasteiger partial charge in [-0.15, -0.1) is 0 Å². The van der Waals surface area contributed by atoms with E-state index in [0.717, 1.165) is 29.0 Å². The summed E-state index contributed by atoms with van der Waals surface area (Å²) in [6.45, 7) is 1.04. The molecule has 28 heavy (non-hydrogen) atoms. The standard InChI is InChI=1S/C21H28N2O4S/c1-23(2)20(17-6-9-21-18(14-17)10-12-27-21)15-22-28(24,25)13-11-16-4-7-19(26-3)8-5-16/h4-9,14,20,22H,10-13,15H2,1-3H3. The van der Waals surface area contributed by atoms with Gasteiger partial charge in [0.05, 0.1) is 19.5 Å². The molecule has 1 N–H and O–H groups in total. The van der Waals surface area contributed by atoms with Gasteiger partial charge >= 0.3 is 0 Å². The third-order valence-electron chi connectivity index (χ3n) is 5.04. The fourth-order valence-electron chi connectivity index (χ4n) is 3.33. The molecule has 0 saturated carbocycles. The number of nitrogens with zero attached hydrogens (tertiary/aromatic N) is 1. The molecule has 0 amide bonds. The van der Waals surface area contributed by atoms with Crippen molar-refractivity contribution in [3.8, 4) is 11.5 Å². The molecule has 0 bridgehead atoms. The van der Waals surface area contributed by atoms with Gasteiger partial charge < -0.3 is 14.4 Å². The number of ether oxygens (including phenoxy) is 2. The highest BCUT2D eigenvalue weighted by molar-refractivity contribution is 7.89. The SMILES string of the molecule is COc1ccc(CCS(=O)(=O)NCC(c2ccc3c(c2)CCO3)N(C)C)cc1. The Balaban J connectivity index is 1.60. The number of methoxy groups -OCH3 is 1. The van der Waals surface area contributed by atoms with Crippen molar-refractivity contribution in [2.45, 2.75) is 18.9 Å². The Labute approximate surface area is 167 Å². The first kappa shape index (κ1) is 20.6. The first-order valence-electron chi connectivity index (χ1n) is 9.40. The zero-order valence-electron chi connectivity index (χ0n) is 16.6. The molecule has 2 aromatic rings. The molecule has 2 aromatic carbocycles. The molecule has 1 heterocycles. The van der Waals surface area contributed by atoms with Crippen LogP contribution in [0.5, 0.6) is 11.5 Å². The summed E-state index contributed by atoms with van der Waals surface area (Å²) in [7, 11) is 2.15. The zero-order chi connectivity index (χ0) is 20.1. The average molecular weight is 405 g/mol. The Morgan fingerprint density at radius 2 is 1.93 bits per heavy atom. The smallest absolute Gasteiger partial charge is 0.211 e. The van der Waals surface area contributed by atoms with Gasteiger partial charge in [0, 0.05) is 19.0 Å². The van der Waals surface area contributed by atoms with Gasteiger partial charge in [0.15, 0.2) is 0 Å². The third kappa shape index (κ3) is 5.25. The van der Waals surface area contributed by atoms with Crippen LogP contribution in [-0.4, -0.2) is 53.4 Å². The molecule has 0 spiro atoms. The second kappa shape index (κ2) is 8.94. The third-order valence-corrected chi connectivity index (χ3v) is 6.38. The molecule has 1 aliphatic rings. The second-order valence-corrected chi connectivity index (χ2v) is 9.14. The van der Waals surface area contributed by atoms with E-state index in [1.54, 1.807) is 7.11 Å². The van der Waals surface area contributed by atoms with Crippen LogP contribution in [0.25, 0.3) is 0 Å². The Morgan fingerprint density at radius 3 is 2.61 bits per heavy atom. The van der Waals surface area contributed by atoms with Gasteiger partial charge in [0.1, 0.15) is 11.5 Å². The molecule has 1 unspecified atom stereocenters. The number of hydrogen-bond acceptors (Lipinski definition) is 5. The van der Waals surface area contributed by atoms with Crippen molar-refractivity contribution in [1.29, 1.82) is 0 Å². The molecule has 1 atom stereocenters. The van der Waals surface area contributed by atoms with Crippen LogP contribution in [0.2, 0.25) is 0 Å². The lowest BCUT2D eigenvalue weighted by Crippen LogP contribution is -2.36. The van der Waals surface area contributed by atoms with Crippen LogP contribution < -0.4 is 14.2 Å². The van der Waals surface area contributed by atoms with Gasteiger partial charge in [-0.2, -0.15) is 0 Å². The quantitative estimate of drug-likeness (QED) is 0.695. The zero-order valence-corrected chi connectivity index (χ0v) is 17.5. The molecule has 152 valence electrons. The molecule has 0 aliphatic carbocycles. The Hall–Kier alpha value is -2.09. The monoisotopic (exact) mass is 404 g/mol. The molecule has 0 fully saturated rings. The molecule has 0 aromatic heterocycles. The minimum atomic E-state index is -3.38. The van der Waals surface area contributed by atoms with Gasteiger partial charge in [-0.25, -0.2) is 13.1 Å². The molecular formula is C21H28N2O4S. The molecular weight excluding hydrogens is 376 g/mol. The van der Waals surface area contributed by atoms with E-state index in [0.29, 0.717) is 19.6 Å². The van der Waals surface area contributed by atoms with E-state index in [9.17, 15) is 8.42 Å². The number of hydrogen-bond donors (Lipinski definition) is 1. The van der Waals surface area contributed by atoms with Crippen LogP contribution in [0, 0.1) is 0 Å². The summed E-state index contributed by atoms with van der Waals surface area (Å²) in [6, 6.07) is 13.5. The highest BCUT2D eigenvalue weighted by Gasteiger charge is 2.21. The van der Waals surface area contributed by atoms with E-state index in [4.69, 9.17) is 9.47 Å². The molecule has 0 radical (unpaired) electrons. The van der Waals surface area contributed by atoms with Gasteiger partial charge in [-0.05, 0) is 55.4 Å². The van der Waals surface area contributed by atoms with Crippen molar-refractivity contribution in [3.63, 3.8) is 0 Å². The molecule has 3 rings (SSSR count). The average Bonchev–Trinajstić information content (AvgIpc) is 3.14. The minimum Gasteiger partial charge on any atom is -0.497 e. The largest absolute Gasteiger partial charge is 0.497 e. The fourth-order valence-corrected chi connectivity index (χ4v) is 4.40. The fraction of sp³-hybridized carbons (Fsp3) is 0.429. The van der Waals surface area contributed by atoms with Crippen LogP contribution in [-0.2, 0) is 22.9 Å². The van der Waals surface area contributed by atoms with Crippen LogP contribution >= 0.6 is 0 Å². The van der Waals surface area contributed by atoms with Crippen LogP contribution in [0.4, 0.5) is 0 Å². The predicted octanol–water partition coefficient (Wildman–Crippen LogP) is 2.39. The normalized spacial score (nSPS) is 14.6. The van der Waals surface area contributed by atoms with Crippen LogP contribution in [0.3, 0.4) is 0 Å². The lowest BCUT2D eigenvalue weighted by atomic mass is 10.0.